The Morgan fingerprint density at radius 2 is 1.61 bits per heavy atom. The molecule has 0 radical (unpaired) electrons. The number of imidazole rings is 1. The molecule has 31 heavy (non-hydrogen) atoms. The third kappa shape index (κ3) is 3.23. The van der Waals surface area contributed by atoms with E-state index in [1.54, 1.807) is 10.9 Å². The first-order valence-corrected chi connectivity index (χ1v) is 10.9. The van der Waals surface area contributed by atoms with Crippen LogP contribution in [-0.2, 0) is 6.54 Å². The highest BCUT2D eigenvalue weighted by Gasteiger charge is 2.26. The fraction of sp³-hybridized carbons (Fsp3) is 0.320. The van der Waals surface area contributed by atoms with Crippen molar-refractivity contribution in [2.45, 2.75) is 52.1 Å². The van der Waals surface area contributed by atoms with E-state index in [0.29, 0.717) is 17.7 Å². The van der Waals surface area contributed by atoms with Crippen LogP contribution in [0.2, 0.25) is 0 Å². The lowest BCUT2D eigenvalue weighted by Gasteiger charge is -2.18. The summed E-state index contributed by atoms with van der Waals surface area (Å²) in [6.45, 7) is 4.58. The van der Waals surface area contributed by atoms with Gasteiger partial charge >= 0.3 is 5.69 Å². The van der Waals surface area contributed by atoms with Crippen molar-refractivity contribution < 1.29 is 0 Å². The summed E-state index contributed by atoms with van der Waals surface area (Å²) in [7, 11) is 0. The molecule has 0 aliphatic heterocycles. The van der Waals surface area contributed by atoms with Crippen LogP contribution in [0.4, 0.5) is 0 Å². The number of hydrogen-bond acceptors (Lipinski definition) is 3. The zero-order valence-corrected chi connectivity index (χ0v) is 17.9. The van der Waals surface area contributed by atoms with E-state index in [0.717, 1.165) is 48.1 Å². The Hall–Kier alpha value is -3.41. The van der Waals surface area contributed by atoms with Crippen LogP contribution in [0.1, 0.15) is 48.4 Å². The molecule has 1 saturated carbocycles. The average Bonchev–Trinajstić information content (AvgIpc) is 3.42. The number of rotatable bonds is 4. The van der Waals surface area contributed by atoms with Crippen molar-refractivity contribution in [3.63, 3.8) is 0 Å². The highest BCUT2D eigenvalue weighted by molar-refractivity contribution is 5.73. The maximum Gasteiger partial charge on any atom is 0.337 e. The molecule has 0 spiro atoms. The summed E-state index contributed by atoms with van der Waals surface area (Å²) in [6.07, 6.45) is 5.50. The molecule has 2 aromatic heterocycles. The summed E-state index contributed by atoms with van der Waals surface area (Å²) >= 11 is 0. The second-order valence-electron chi connectivity index (χ2n) is 8.49. The minimum atomic E-state index is -0.292. The molecule has 1 aliphatic rings. The SMILES string of the molecule is Cc1ccccc1Cn1cnc2c1c(=O)n(C1CCCC1)c(=O)n2-c1ccccc1C. The molecule has 0 bridgehead atoms. The summed E-state index contributed by atoms with van der Waals surface area (Å²) in [6, 6.07) is 15.8. The van der Waals surface area contributed by atoms with Gasteiger partial charge in [0, 0.05) is 12.6 Å². The van der Waals surface area contributed by atoms with E-state index in [4.69, 9.17) is 0 Å². The van der Waals surface area contributed by atoms with Crippen molar-refractivity contribution in [1.29, 1.82) is 0 Å². The number of hydrogen-bond donors (Lipinski definition) is 0. The maximum atomic E-state index is 13.7. The fourth-order valence-corrected chi connectivity index (χ4v) is 4.76. The molecule has 2 aromatic carbocycles. The van der Waals surface area contributed by atoms with Crippen LogP contribution in [0.3, 0.4) is 0 Å². The molecule has 6 nitrogen and oxygen atoms in total. The van der Waals surface area contributed by atoms with E-state index >= 15 is 0 Å². The number of aryl methyl sites for hydroxylation is 2. The van der Waals surface area contributed by atoms with Crippen molar-refractivity contribution in [1.82, 2.24) is 18.7 Å². The maximum absolute atomic E-state index is 13.7. The van der Waals surface area contributed by atoms with Crippen LogP contribution < -0.4 is 11.2 Å². The van der Waals surface area contributed by atoms with Crippen molar-refractivity contribution in [2.24, 2.45) is 0 Å². The normalized spacial score (nSPS) is 14.5. The van der Waals surface area contributed by atoms with Gasteiger partial charge in [-0.15, -0.1) is 0 Å². The van der Waals surface area contributed by atoms with E-state index in [-0.39, 0.29) is 17.3 Å². The van der Waals surface area contributed by atoms with Gasteiger partial charge in [-0.1, -0.05) is 55.3 Å². The largest absolute Gasteiger partial charge is 0.337 e. The Morgan fingerprint density at radius 1 is 0.935 bits per heavy atom. The molecule has 158 valence electrons. The molecule has 6 heteroatoms. The Morgan fingerprint density at radius 3 is 2.32 bits per heavy atom. The van der Waals surface area contributed by atoms with E-state index in [9.17, 15) is 9.59 Å². The standard InChI is InChI=1S/C25H26N4O2/c1-17-9-3-5-11-19(17)15-27-16-26-23-22(27)24(30)28(20-12-6-7-13-20)25(31)29(23)21-14-8-4-10-18(21)2/h3-5,8-11,14,16,20H,6-7,12-13,15H2,1-2H3. The van der Waals surface area contributed by atoms with Crippen molar-refractivity contribution in [3.05, 3.63) is 92.4 Å². The molecule has 2 heterocycles. The Kier molecular flexibility index (Phi) is 4.85. The average molecular weight is 415 g/mol. The fourth-order valence-electron chi connectivity index (χ4n) is 4.76. The summed E-state index contributed by atoms with van der Waals surface area (Å²) in [5, 5.41) is 0. The van der Waals surface area contributed by atoms with Crippen molar-refractivity contribution in [3.8, 4) is 5.69 Å². The van der Waals surface area contributed by atoms with Crippen LogP contribution in [0.25, 0.3) is 16.9 Å². The Balaban J connectivity index is 1.81. The molecule has 1 fully saturated rings. The van der Waals surface area contributed by atoms with Gasteiger partial charge in [-0.05, 0) is 49.4 Å². The number of fused-ring (bicyclic) bond motifs is 1. The number of benzene rings is 2. The minimum absolute atomic E-state index is 0.0542. The number of nitrogens with zero attached hydrogens (tertiary/aromatic N) is 4. The molecule has 0 amide bonds. The molecule has 0 N–H and O–H groups in total. The molecule has 0 saturated heterocycles. The first-order chi connectivity index (χ1) is 15.1. The quantitative estimate of drug-likeness (QED) is 0.504. The lowest BCUT2D eigenvalue weighted by Crippen LogP contribution is -2.42. The highest BCUT2D eigenvalue weighted by Crippen LogP contribution is 2.28. The Labute approximate surface area is 180 Å². The molecular weight excluding hydrogens is 388 g/mol. The predicted octanol–water partition coefficient (Wildman–Crippen LogP) is 4.13. The molecule has 1 aliphatic carbocycles. The highest BCUT2D eigenvalue weighted by atomic mass is 16.2. The second-order valence-corrected chi connectivity index (χ2v) is 8.49. The first kappa shape index (κ1) is 19.5. The van der Waals surface area contributed by atoms with Gasteiger partial charge in [0.05, 0.1) is 12.0 Å². The lowest BCUT2D eigenvalue weighted by molar-refractivity contribution is 0.474. The minimum Gasteiger partial charge on any atom is -0.320 e. The van der Waals surface area contributed by atoms with Gasteiger partial charge in [-0.2, -0.15) is 0 Å². The van der Waals surface area contributed by atoms with Gasteiger partial charge in [-0.25, -0.2) is 14.3 Å². The molecule has 0 unspecified atom stereocenters. The lowest BCUT2D eigenvalue weighted by atomic mass is 10.1. The molecule has 0 atom stereocenters. The monoisotopic (exact) mass is 414 g/mol. The summed E-state index contributed by atoms with van der Waals surface area (Å²) < 4.78 is 5.00. The second kappa shape index (κ2) is 7.69. The van der Waals surface area contributed by atoms with E-state index in [1.807, 2.05) is 47.9 Å². The molecule has 5 rings (SSSR count). The van der Waals surface area contributed by atoms with E-state index < -0.39 is 0 Å². The zero-order chi connectivity index (χ0) is 21.5. The molecule has 4 aromatic rings. The molecular formula is C25H26N4O2. The van der Waals surface area contributed by atoms with Crippen molar-refractivity contribution >= 4 is 11.2 Å². The van der Waals surface area contributed by atoms with Gasteiger partial charge in [0.2, 0.25) is 0 Å². The third-order valence-corrected chi connectivity index (χ3v) is 6.50. The van der Waals surface area contributed by atoms with Crippen LogP contribution in [0.15, 0.2) is 64.4 Å². The van der Waals surface area contributed by atoms with Crippen LogP contribution in [0, 0.1) is 13.8 Å². The topological polar surface area (TPSA) is 61.8 Å². The first-order valence-electron chi connectivity index (χ1n) is 10.9. The zero-order valence-electron chi connectivity index (χ0n) is 17.9. The Bertz CT molecular complexity index is 1390. The van der Waals surface area contributed by atoms with Crippen LogP contribution in [-0.4, -0.2) is 18.7 Å². The summed E-state index contributed by atoms with van der Waals surface area (Å²) in [4.78, 5) is 31.9. The summed E-state index contributed by atoms with van der Waals surface area (Å²) in [5.41, 5.74) is 4.41. The third-order valence-electron chi connectivity index (χ3n) is 6.50. The van der Waals surface area contributed by atoms with Gasteiger partial charge in [0.25, 0.3) is 5.56 Å². The smallest absolute Gasteiger partial charge is 0.320 e. The van der Waals surface area contributed by atoms with Gasteiger partial charge in [0.1, 0.15) is 0 Å². The summed E-state index contributed by atoms with van der Waals surface area (Å²) in [5.74, 6) is 0. The van der Waals surface area contributed by atoms with Gasteiger partial charge in [-0.3, -0.25) is 9.36 Å². The number of aromatic nitrogens is 4. The van der Waals surface area contributed by atoms with Gasteiger partial charge in [0.15, 0.2) is 11.2 Å². The van der Waals surface area contributed by atoms with E-state index in [1.165, 1.54) is 4.57 Å². The predicted molar refractivity (Wildman–Crippen MR) is 122 cm³/mol. The number of para-hydroxylation sites is 1. The van der Waals surface area contributed by atoms with E-state index in [2.05, 4.69) is 24.0 Å². The van der Waals surface area contributed by atoms with Crippen molar-refractivity contribution in [2.75, 3.05) is 0 Å². The van der Waals surface area contributed by atoms with Crippen LogP contribution in [0.5, 0.6) is 0 Å². The van der Waals surface area contributed by atoms with Crippen LogP contribution >= 0.6 is 0 Å². The van der Waals surface area contributed by atoms with Gasteiger partial charge < -0.3 is 4.57 Å².